The first kappa shape index (κ1) is 18.9. The first-order chi connectivity index (χ1) is 12.1. The quantitative estimate of drug-likeness (QED) is 0.578. The van der Waals surface area contributed by atoms with Crippen LogP contribution in [0.2, 0.25) is 0 Å². The van der Waals surface area contributed by atoms with E-state index in [0.717, 1.165) is 6.54 Å². The number of hydrogen-bond donors (Lipinski definition) is 1. The van der Waals surface area contributed by atoms with Gasteiger partial charge in [-0.2, -0.15) is 21.6 Å². The number of hydrogen-bond acceptors (Lipinski definition) is 7. The minimum Gasteiger partial charge on any atom is -0.375 e. The lowest BCUT2D eigenvalue weighted by atomic mass is 10.1. The van der Waals surface area contributed by atoms with Crippen molar-refractivity contribution in [3.8, 4) is 16.3 Å². The SMILES string of the molecule is Cc1cc(-c2nnc(NCC3CC3)s2)cc(C)c1OS(=O)(=O)C(F)(F)F. The number of anilines is 1. The van der Waals surface area contributed by atoms with E-state index >= 15 is 0 Å². The Balaban J connectivity index is 1.83. The summed E-state index contributed by atoms with van der Waals surface area (Å²) < 4.78 is 64.4. The summed E-state index contributed by atoms with van der Waals surface area (Å²) in [6, 6.07) is 3.05. The van der Waals surface area contributed by atoms with Crippen molar-refractivity contribution in [2.45, 2.75) is 32.2 Å². The number of rotatable bonds is 6. The molecule has 3 rings (SSSR count). The summed E-state index contributed by atoms with van der Waals surface area (Å²) in [7, 11) is -5.71. The number of aromatic nitrogens is 2. The highest BCUT2D eigenvalue weighted by Crippen LogP contribution is 2.36. The lowest BCUT2D eigenvalue weighted by Crippen LogP contribution is -2.28. The van der Waals surface area contributed by atoms with E-state index in [-0.39, 0.29) is 16.9 Å². The van der Waals surface area contributed by atoms with Crippen molar-refractivity contribution in [2.75, 3.05) is 11.9 Å². The fraction of sp³-hybridized carbons (Fsp3) is 0.467. The van der Waals surface area contributed by atoms with Crippen molar-refractivity contribution in [2.24, 2.45) is 5.92 Å². The van der Waals surface area contributed by atoms with Gasteiger partial charge in [0.05, 0.1) is 0 Å². The third-order valence-corrected chi connectivity index (χ3v) is 5.73. The Hall–Kier alpha value is -1.88. The van der Waals surface area contributed by atoms with Gasteiger partial charge in [-0.05, 0) is 55.9 Å². The van der Waals surface area contributed by atoms with Crippen LogP contribution in [0.15, 0.2) is 12.1 Å². The molecule has 142 valence electrons. The van der Waals surface area contributed by atoms with E-state index in [9.17, 15) is 21.6 Å². The maximum absolute atomic E-state index is 12.5. The molecular formula is C15H16F3N3O3S2. The Morgan fingerprint density at radius 1 is 1.23 bits per heavy atom. The molecule has 26 heavy (non-hydrogen) atoms. The largest absolute Gasteiger partial charge is 0.534 e. The minimum absolute atomic E-state index is 0.260. The molecule has 0 amide bonds. The molecule has 11 heteroatoms. The number of nitrogens with one attached hydrogen (secondary N) is 1. The molecule has 1 fully saturated rings. The Morgan fingerprint density at radius 2 is 1.85 bits per heavy atom. The highest BCUT2D eigenvalue weighted by atomic mass is 32.2. The molecule has 6 nitrogen and oxygen atoms in total. The molecule has 1 heterocycles. The predicted octanol–water partition coefficient (Wildman–Crippen LogP) is 3.87. The smallest absolute Gasteiger partial charge is 0.375 e. The molecule has 1 saturated carbocycles. The first-order valence-corrected chi connectivity index (χ1v) is 9.99. The topological polar surface area (TPSA) is 81.2 Å². The van der Waals surface area contributed by atoms with Gasteiger partial charge in [-0.1, -0.05) is 11.3 Å². The Kier molecular flexibility index (Phi) is 4.86. The summed E-state index contributed by atoms with van der Waals surface area (Å²) in [5.74, 6) is 0.349. The second-order valence-electron chi connectivity index (χ2n) is 6.16. The van der Waals surface area contributed by atoms with Crippen molar-refractivity contribution in [3.63, 3.8) is 0 Å². The van der Waals surface area contributed by atoms with Gasteiger partial charge in [-0.15, -0.1) is 10.2 Å². The van der Waals surface area contributed by atoms with Gasteiger partial charge in [0, 0.05) is 12.1 Å². The van der Waals surface area contributed by atoms with E-state index in [2.05, 4.69) is 19.7 Å². The Labute approximate surface area is 152 Å². The van der Waals surface area contributed by atoms with E-state index < -0.39 is 15.6 Å². The summed E-state index contributed by atoms with van der Waals surface area (Å²) in [5, 5.41) is 12.6. The minimum atomic E-state index is -5.71. The highest BCUT2D eigenvalue weighted by Gasteiger charge is 2.48. The van der Waals surface area contributed by atoms with Crippen LogP contribution in [0.4, 0.5) is 18.3 Å². The van der Waals surface area contributed by atoms with Crippen LogP contribution in [0.1, 0.15) is 24.0 Å². The summed E-state index contributed by atoms with van der Waals surface area (Å²) in [5.41, 5.74) is -4.33. The Morgan fingerprint density at radius 3 is 2.38 bits per heavy atom. The van der Waals surface area contributed by atoms with E-state index in [0.29, 0.717) is 21.6 Å². The van der Waals surface area contributed by atoms with Crippen LogP contribution in [0.3, 0.4) is 0 Å². The maximum Gasteiger partial charge on any atom is 0.534 e. The summed E-state index contributed by atoms with van der Waals surface area (Å²) in [6.45, 7) is 3.80. The van der Waals surface area contributed by atoms with Gasteiger partial charge in [-0.25, -0.2) is 0 Å². The van der Waals surface area contributed by atoms with Gasteiger partial charge < -0.3 is 9.50 Å². The van der Waals surface area contributed by atoms with Gasteiger partial charge in [0.25, 0.3) is 0 Å². The maximum atomic E-state index is 12.5. The molecule has 1 aliphatic carbocycles. The van der Waals surface area contributed by atoms with E-state index in [1.165, 1.54) is 50.2 Å². The van der Waals surface area contributed by atoms with Crippen molar-refractivity contribution in [3.05, 3.63) is 23.3 Å². The summed E-state index contributed by atoms with van der Waals surface area (Å²) in [4.78, 5) is 0. The van der Waals surface area contributed by atoms with Gasteiger partial charge in [-0.3, -0.25) is 0 Å². The van der Waals surface area contributed by atoms with Gasteiger partial charge in [0.2, 0.25) is 5.13 Å². The van der Waals surface area contributed by atoms with E-state index in [4.69, 9.17) is 0 Å². The lowest BCUT2D eigenvalue weighted by molar-refractivity contribution is -0.0500. The van der Waals surface area contributed by atoms with Crippen LogP contribution < -0.4 is 9.50 Å². The van der Waals surface area contributed by atoms with Gasteiger partial charge in [0.1, 0.15) is 10.8 Å². The second kappa shape index (κ2) is 6.69. The van der Waals surface area contributed by atoms with Crippen LogP contribution in [0, 0.1) is 19.8 Å². The molecule has 0 aliphatic heterocycles. The van der Waals surface area contributed by atoms with Crippen molar-refractivity contribution in [1.82, 2.24) is 10.2 Å². The zero-order valence-corrected chi connectivity index (χ0v) is 15.6. The van der Waals surface area contributed by atoms with E-state index in [1.54, 1.807) is 0 Å². The second-order valence-corrected chi connectivity index (χ2v) is 8.67. The summed E-state index contributed by atoms with van der Waals surface area (Å²) in [6.07, 6.45) is 2.42. The molecule has 1 aromatic carbocycles. The third-order valence-electron chi connectivity index (χ3n) is 3.85. The molecule has 0 unspecified atom stereocenters. The standard InChI is InChI=1S/C15H16F3N3O3S2/c1-8-5-11(13-20-21-14(25-13)19-7-10-3-4-10)6-9(2)12(8)24-26(22,23)15(16,17)18/h5-6,10H,3-4,7H2,1-2H3,(H,19,21). The predicted molar refractivity (Wildman–Crippen MR) is 91.6 cm³/mol. The van der Waals surface area contributed by atoms with Gasteiger partial charge >= 0.3 is 15.6 Å². The average Bonchev–Trinajstić information content (AvgIpc) is 3.24. The molecule has 0 saturated heterocycles. The third kappa shape index (κ3) is 4.09. The van der Waals surface area contributed by atoms with Crippen molar-refractivity contribution >= 4 is 26.6 Å². The molecule has 0 atom stereocenters. The zero-order chi connectivity index (χ0) is 19.1. The monoisotopic (exact) mass is 407 g/mol. The average molecular weight is 407 g/mol. The van der Waals surface area contributed by atoms with Crippen molar-refractivity contribution in [1.29, 1.82) is 0 Å². The molecule has 0 radical (unpaired) electrons. The number of alkyl halides is 3. The molecule has 1 N–H and O–H groups in total. The van der Waals surface area contributed by atoms with Crippen molar-refractivity contribution < 1.29 is 25.8 Å². The molecule has 2 aromatic rings. The highest BCUT2D eigenvalue weighted by molar-refractivity contribution is 7.88. The molecule has 0 spiro atoms. The Bertz CT molecular complexity index is 899. The number of aryl methyl sites for hydroxylation is 2. The van der Waals surface area contributed by atoms with Crippen LogP contribution in [0.25, 0.3) is 10.6 Å². The molecule has 1 aliphatic rings. The lowest BCUT2D eigenvalue weighted by Gasteiger charge is -2.14. The molecular weight excluding hydrogens is 391 g/mol. The number of benzene rings is 1. The van der Waals surface area contributed by atoms with Crippen LogP contribution in [-0.2, 0) is 10.1 Å². The first-order valence-electron chi connectivity index (χ1n) is 7.76. The van der Waals surface area contributed by atoms with Crippen LogP contribution in [-0.4, -0.2) is 30.7 Å². The molecule has 1 aromatic heterocycles. The van der Waals surface area contributed by atoms with Gasteiger partial charge in [0.15, 0.2) is 0 Å². The number of halogens is 3. The normalized spacial score (nSPS) is 15.1. The molecule has 0 bridgehead atoms. The van der Waals surface area contributed by atoms with E-state index in [1.807, 2.05) is 0 Å². The number of nitrogens with zero attached hydrogens (tertiary/aromatic N) is 2. The fourth-order valence-corrected chi connectivity index (χ4v) is 3.64. The van der Waals surface area contributed by atoms with Crippen LogP contribution >= 0.6 is 11.3 Å². The zero-order valence-electron chi connectivity index (χ0n) is 13.9. The fourth-order valence-electron chi connectivity index (χ4n) is 2.33. The van der Waals surface area contributed by atoms with Crippen LogP contribution in [0.5, 0.6) is 5.75 Å². The summed E-state index contributed by atoms with van der Waals surface area (Å²) >= 11 is 1.32.